The average Bonchev–Trinajstić information content (AvgIpc) is 3.56. The van der Waals surface area contributed by atoms with Gasteiger partial charge in [-0.2, -0.15) is 0 Å². The number of carbonyl (C=O) groups excluding carboxylic acids is 3. The van der Waals surface area contributed by atoms with Gasteiger partial charge < -0.3 is 19.8 Å². The number of para-hydroxylation sites is 1. The van der Waals surface area contributed by atoms with E-state index in [0.717, 1.165) is 28.8 Å². The number of anilines is 1. The van der Waals surface area contributed by atoms with Crippen LogP contribution in [0.4, 0.5) is 5.69 Å². The molecule has 3 heterocycles. The molecule has 0 saturated carbocycles. The molecule has 0 radical (unpaired) electrons. The molecule has 3 aliphatic rings. The van der Waals surface area contributed by atoms with Crippen LogP contribution in [0.2, 0.25) is 0 Å². The van der Waals surface area contributed by atoms with Gasteiger partial charge in [0, 0.05) is 30.1 Å². The summed E-state index contributed by atoms with van der Waals surface area (Å²) in [6.45, 7) is 16.4. The second kappa shape index (κ2) is 12.0. The number of benzene rings is 2. The molecule has 5 rings (SSSR count). The van der Waals surface area contributed by atoms with Gasteiger partial charge in [0.1, 0.15) is 6.04 Å². The Bertz CT molecular complexity index is 1410. The van der Waals surface area contributed by atoms with Gasteiger partial charge in [0.05, 0.1) is 29.2 Å². The van der Waals surface area contributed by atoms with E-state index in [9.17, 15) is 19.5 Å². The van der Waals surface area contributed by atoms with E-state index >= 15 is 0 Å². The second-order valence-electron chi connectivity index (χ2n) is 12.5. The van der Waals surface area contributed by atoms with Crippen molar-refractivity contribution in [2.75, 3.05) is 24.6 Å². The van der Waals surface area contributed by atoms with E-state index in [-0.39, 0.29) is 30.9 Å². The molecule has 2 aromatic carbocycles. The highest BCUT2D eigenvalue weighted by Gasteiger charge is 2.78. The summed E-state index contributed by atoms with van der Waals surface area (Å²) in [5.74, 6) is -1.75. The lowest BCUT2D eigenvalue weighted by Crippen LogP contribution is -2.57. The minimum Gasteiger partial charge on any atom is -0.394 e. The molecule has 6 atom stereocenters. The molecule has 3 aliphatic heterocycles. The molecule has 7 nitrogen and oxygen atoms in total. The number of rotatable bonds is 11. The molecular weight excluding hydrogens is 558 g/mol. The van der Waals surface area contributed by atoms with E-state index < -0.39 is 33.4 Å². The number of carbonyl (C=O) groups is 3. The van der Waals surface area contributed by atoms with Gasteiger partial charge in [-0.1, -0.05) is 60.7 Å². The Labute approximate surface area is 259 Å². The predicted octanol–water partition coefficient (Wildman–Crippen LogP) is 4.90. The van der Waals surface area contributed by atoms with Crippen molar-refractivity contribution >= 4 is 35.2 Å². The highest BCUT2D eigenvalue weighted by atomic mass is 32.2. The third kappa shape index (κ3) is 5.02. The molecule has 3 saturated heterocycles. The van der Waals surface area contributed by atoms with Gasteiger partial charge in [-0.3, -0.25) is 14.4 Å². The highest BCUT2D eigenvalue weighted by molar-refractivity contribution is 8.02. The Balaban J connectivity index is 1.59. The van der Waals surface area contributed by atoms with E-state index in [1.165, 1.54) is 0 Å². The van der Waals surface area contributed by atoms with Crippen LogP contribution in [-0.2, 0) is 20.9 Å². The first kappa shape index (κ1) is 31.1. The van der Waals surface area contributed by atoms with E-state index in [0.29, 0.717) is 19.5 Å². The van der Waals surface area contributed by atoms with E-state index in [2.05, 4.69) is 20.1 Å². The largest absolute Gasteiger partial charge is 0.394 e. The summed E-state index contributed by atoms with van der Waals surface area (Å²) in [6, 6.07) is 14.3. The topological polar surface area (TPSA) is 81.2 Å². The smallest absolute Gasteiger partial charge is 0.251 e. The number of hydrogen-bond donors (Lipinski definition) is 1. The highest BCUT2D eigenvalue weighted by Crippen LogP contribution is 2.72. The Kier molecular flexibility index (Phi) is 8.65. The van der Waals surface area contributed by atoms with Crippen LogP contribution in [0.15, 0.2) is 73.8 Å². The molecule has 8 heteroatoms. The van der Waals surface area contributed by atoms with E-state index in [1.54, 1.807) is 45.5 Å². The van der Waals surface area contributed by atoms with Crippen LogP contribution in [0.5, 0.6) is 0 Å². The molecular formula is C35H43N3O4S. The van der Waals surface area contributed by atoms with Gasteiger partial charge in [0.2, 0.25) is 11.8 Å². The van der Waals surface area contributed by atoms with Crippen LogP contribution in [0.1, 0.15) is 43.4 Å². The number of aliphatic hydroxyl groups is 1. The Hall–Kier alpha value is -3.36. The Morgan fingerprint density at radius 3 is 2.30 bits per heavy atom. The summed E-state index contributed by atoms with van der Waals surface area (Å²) in [7, 11) is 0. The van der Waals surface area contributed by atoms with Crippen LogP contribution in [0, 0.1) is 25.7 Å². The quantitative estimate of drug-likeness (QED) is 0.371. The summed E-state index contributed by atoms with van der Waals surface area (Å²) < 4.78 is -1.28. The monoisotopic (exact) mass is 601 g/mol. The number of aliphatic hydroxyl groups excluding tert-OH is 1. The molecule has 0 aliphatic carbocycles. The van der Waals surface area contributed by atoms with E-state index in [4.69, 9.17) is 0 Å². The van der Waals surface area contributed by atoms with Gasteiger partial charge in [0.15, 0.2) is 0 Å². The molecule has 3 amide bonds. The summed E-state index contributed by atoms with van der Waals surface area (Å²) in [6.07, 6.45) is 4.80. The molecule has 2 unspecified atom stereocenters. The third-order valence-electron chi connectivity index (χ3n) is 9.62. The van der Waals surface area contributed by atoms with Gasteiger partial charge in [-0.05, 0) is 57.2 Å². The number of amides is 3. The number of fused-ring (bicyclic) bond motifs is 1. The molecule has 2 aromatic rings. The number of likely N-dealkylation sites (tertiary alicyclic amines) is 1. The summed E-state index contributed by atoms with van der Waals surface area (Å²) in [4.78, 5) is 49.1. The lowest BCUT2D eigenvalue weighted by molar-refractivity contribution is -0.146. The van der Waals surface area contributed by atoms with Crippen LogP contribution < -0.4 is 4.90 Å². The molecule has 1 spiro atoms. The maximum atomic E-state index is 14.9. The van der Waals surface area contributed by atoms with Crippen LogP contribution in [0.3, 0.4) is 0 Å². The van der Waals surface area contributed by atoms with Crippen LogP contribution >= 0.6 is 11.8 Å². The van der Waals surface area contributed by atoms with Crippen molar-refractivity contribution in [3.63, 3.8) is 0 Å². The van der Waals surface area contributed by atoms with Crippen molar-refractivity contribution in [2.45, 2.75) is 68.7 Å². The summed E-state index contributed by atoms with van der Waals surface area (Å²) >= 11 is 1.65. The van der Waals surface area contributed by atoms with Crippen LogP contribution in [0.25, 0.3) is 0 Å². The fraction of sp³-hybridized carbons (Fsp3) is 0.457. The van der Waals surface area contributed by atoms with Gasteiger partial charge >= 0.3 is 0 Å². The van der Waals surface area contributed by atoms with Crippen molar-refractivity contribution in [2.24, 2.45) is 11.8 Å². The number of hydrogen-bond acceptors (Lipinski definition) is 5. The fourth-order valence-electron chi connectivity index (χ4n) is 7.77. The number of thioether (sulfide) groups is 1. The first-order chi connectivity index (χ1) is 20.5. The predicted molar refractivity (Wildman–Crippen MR) is 173 cm³/mol. The zero-order valence-electron chi connectivity index (χ0n) is 25.7. The first-order valence-electron chi connectivity index (χ1n) is 15.1. The maximum absolute atomic E-state index is 14.9. The molecule has 2 bridgehead atoms. The molecule has 1 N–H and O–H groups in total. The molecule has 43 heavy (non-hydrogen) atoms. The van der Waals surface area contributed by atoms with Crippen molar-refractivity contribution in [3.8, 4) is 0 Å². The normalized spacial score (nSPS) is 28.0. The third-order valence-corrected chi connectivity index (χ3v) is 11.6. The number of nitrogens with zero attached hydrogens (tertiary/aromatic N) is 3. The molecule has 0 aromatic heterocycles. The van der Waals surface area contributed by atoms with Gasteiger partial charge in [-0.15, -0.1) is 24.9 Å². The van der Waals surface area contributed by atoms with Gasteiger partial charge in [-0.25, -0.2) is 0 Å². The molecule has 228 valence electrons. The number of aryl methyl sites for hydroxylation is 2. The minimum atomic E-state index is -0.822. The first-order valence-corrected chi connectivity index (χ1v) is 15.9. The van der Waals surface area contributed by atoms with Crippen molar-refractivity contribution in [1.29, 1.82) is 0 Å². The van der Waals surface area contributed by atoms with Gasteiger partial charge in [0.25, 0.3) is 5.91 Å². The summed E-state index contributed by atoms with van der Waals surface area (Å²) in [5, 5.41) is 10.3. The van der Waals surface area contributed by atoms with E-state index in [1.807, 2.05) is 62.4 Å². The lowest BCUT2D eigenvalue weighted by atomic mass is 9.66. The zero-order chi connectivity index (χ0) is 31.1. The molecule has 3 fully saturated rings. The average molecular weight is 602 g/mol. The fourth-order valence-corrected chi connectivity index (χ4v) is 10.1. The maximum Gasteiger partial charge on any atom is 0.251 e. The minimum absolute atomic E-state index is 0.0823. The van der Waals surface area contributed by atoms with Crippen molar-refractivity contribution in [3.05, 3.63) is 90.5 Å². The lowest BCUT2D eigenvalue weighted by Gasteiger charge is -2.39. The van der Waals surface area contributed by atoms with Crippen molar-refractivity contribution in [1.82, 2.24) is 9.80 Å². The Morgan fingerprint density at radius 2 is 1.70 bits per heavy atom. The Morgan fingerprint density at radius 1 is 1.05 bits per heavy atom. The van der Waals surface area contributed by atoms with Crippen LogP contribution in [-0.4, -0.2) is 73.9 Å². The zero-order valence-corrected chi connectivity index (χ0v) is 26.5. The second-order valence-corrected chi connectivity index (χ2v) is 14.4. The SMILES string of the molecule is C=CCN(Cc1ccccc1)C(=O)[C@H]1[C@H]2C(=O)N([C@H](C)CO)C(C(=O)N(CC=C)c3c(C)cccc3C)C23CC[C@]1(C)S3. The summed E-state index contributed by atoms with van der Waals surface area (Å²) in [5.41, 5.74) is 3.73. The standard InChI is InChI=1S/C35H43N3O4S/c1-7-19-36(21-26-15-10-9-11-16-26)31(40)27-28-32(41)38(25(5)22-39)30(35(28)18-17-34(27,6)43-35)33(42)37(20-8-2)29-23(3)13-12-14-24(29)4/h7-16,25,27-28,30,39H,1-2,17-22H2,3-6H3/t25-,27-,28+,30?,34+,35?/m1/s1. The van der Waals surface area contributed by atoms with Crippen molar-refractivity contribution < 1.29 is 19.5 Å².